The van der Waals surface area contributed by atoms with Gasteiger partial charge in [0.1, 0.15) is 11.6 Å². The van der Waals surface area contributed by atoms with Gasteiger partial charge in [0.05, 0.1) is 0 Å². The highest BCUT2D eigenvalue weighted by Crippen LogP contribution is 2.29. The number of rotatable bonds is 3. The van der Waals surface area contributed by atoms with Crippen LogP contribution in [0.5, 0.6) is 0 Å². The lowest BCUT2D eigenvalue weighted by molar-refractivity contribution is 0.577. The van der Waals surface area contributed by atoms with Crippen molar-refractivity contribution in [2.75, 3.05) is 0 Å². The minimum absolute atomic E-state index is 0.0852. The summed E-state index contributed by atoms with van der Waals surface area (Å²) in [7, 11) is 0. The average Bonchev–Trinajstić information content (AvgIpc) is 2.38. The number of hydrogen-bond donors (Lipinski definition) is 1. The Kier molecular flexibility index (Phi) is 3.86. The van der Waals surface area contributed by atoms with Gasteiger partial charge in [-0.1, -0.05) is 12.1 Å². The molecule has 1 heterocycles. The number of nitrogens with zero attached hydrogens (tertiary/aromatic N) is 2. The van der Waals surface area contributed by atoms with Crippen LogP contribution in [0.15, 0.2) is 30.5 Å². The van der Waals surface area contributed by atoms with E-state index < -0.39 is 0 Å². The van der Waals surface area contributed by atoms with Crippen molar-refractivity contribution in [3.8, 4) is 0 Å². The van der Waals surface area contributed by atoms with Crippen LogP contribution in [0.3, 0.4) is 0 Å². The van der Waals surface area contributed by atoms with Gasteiger partial charge in [-0.25, -0.2) is 14.4 Å². The quantitative estimate of drug-likeness (QED) is 0.933. The highest BCUT2D eigenvalue weighted by atomic mass is 19.1. The second-order valence-electron chi connectivity index (χ2n) is 5.65. The number of aromatic nitrogens is 2. The number of nitrogens with two attached hydrogens (primary N) is 1. The Morgan fingerprint density at radius 3 is 2.30 bits per heavy atom. The molecule has 0 saturated carbocycles. The Morgan fingerprint density at radius 2 is 1.80 bits per heavy atom. The number of benzene rings is 1. The Balaban J connectivity index is 2.44. The van der Waals surface area contributed by atoms with E-state index in [2.05, 4.69) is 9.97 Å². The summed E-state index contributed by atoms with van der Waals surface area (Å²) in [5, 5.41) is 0. The van der Waals surface area contributed by atoms with Gasteiger partial charge in [0.15, 0.2) is 0 Å². The fourth-order valence-corrected chi connectivity index (χ4v) is 2.22. The Hall–Kier alpha value is -1.81. The molecule has 0 aliphatic carbocycles. The molecular formula is C16H20FN3. The Morgan fingerprint density at radius 1 is 1.20 bits per heavy atom. The van der Waals surface area contributed by atoms with Gasteiger partial charge in [-0.2, -0.15) is 0 Å². The lowest BCUT2D eigenvalue weighted by Gasteiger charge is -2.24. The van der Waals surface area contributed by atoms with Crippen LogP contribution in [-0.4, -0.2) is 9.97 Å². The van der Waals surface area contributed by atoms with Crippen LogP contribution >= 0.6 is 0 Å². The third-order valence-electron chi connectivity index (χ3n) is 3.63. The third-order valence-corrected chi connectivity index (χ3v) is 3.63. The maximum absolute atomic E-state index is 13.0. The fourth-order valence-electron chi connectivity index (χ4n) is 2.22. The van der Waals surface area contributed by atoms with E-state index in [1.165, 1.54) is 12.1 Å². The average molecular weight is 273 g/mol. The van der Waals surface area contributed by atoms with Crippen molar-refractivity contribution in [2.24, 2.45) is 5.73 Å². The lowest BCUT2D eigenvalue weighted by atomic mass is 9.83. The van der Waals surface area contributed by atoms with Gasteiger partial charge in [-0.3, -0.25) is 0 Å². The molecule has 0 amide bonds. The second kappa shape index (κ2) is 5.29. The highest BCUT2D eigenvalue weighted by molar-refractivity contribution is 5.32. The third kappa shape index (κ3) is 2.70. The summed E-state index contributed by atoms with van der Waals surface area (Å²) in [4.78, 5) is 9.03. The molecule has 0 saturated heterocycles. The van der Waals surface area contributed by atoms with Gasteiger partial charge in [-0.05, 0) is 45.4 Å². The number of halogens is 1. The molecule has 2 N–H and O–H groups in total. The van der Waals surface area contributed by atoms with Crippen molar-refractivity contribution >= 4 is 0 Å². The van der Waals surface area contributed by atoms with Crippen LogP contribution in [0.4, 0.5) is 4.39 Å². The van der Waals surface area contributed by atoms with Crippen molar-refractivity contribution in [2.45, 2.75) is 39.2 Å². The normalized spacial score (nSPS) is 13.3. The first-order chi connectivity index (χ1) is 9.32. The van der Waals surface area contributed by atoms with Gasteiger partial charge >= 0.3 is 0 Å². The first-order valence-electron chi connectivity index (χ1n) is 6.68. The molecule has 1 atom stereocenters. The highest BCUT2D eigenvalue weighted by Gasteiger charge is 2.27. The second-order valence-corrected chi connectivity index (χ2v) is 5.65. The molecule has 2 rings (SSSR count). The summed E-state index contributed by atoms with van der Waals surface area (Å²) >= 11 is 0. The van der Waals surface area contributed by atoms with Crippen molar-refractivity contribution in [3.63, 3.8) is 0 Å². The molecule has 1 aromatic heterocycles. The molecule has 0 fully saturated rings. The topological polar surface area (TPSA) is 51.8 Å². The summed E-state index contributed by atoms with van der Waals surface area (Å²) in [5.74, 6) is 0.472. The zero-order valence-corrected chi connectivity index (χ0v) is 12.3. The molecule has 1 unspecified atom stereocenters. The van der Waals surface area contributed by atoms with Crippen molar-refractivity contribution in [1.82, 2.24) is 9.97 Å². The van der Waals surface area contributed by atoms with Crippen LogP contribution in [0.25, 0.3) is 0 Å². The van der Waals surface area contributed by atoms with Gasteiger partial charge < -0.3 is 5.73 Å². The van der Waals surface area contributed by atoms with E-state index in [-0.39, 0.29) is 17.3 Å². The van der Waals surface area contributed by atoms with Gasteiger partial charge in [-0.15, -0.1) is 0 Å². The van der Waals surface area contributed by atoms with Crippen molar-refractivity contribution < 1.29 is 4.39 Å². The van der Waals surface area contributed by atoms with E-state index in [0.717, 1.165) is 16.8 Å². The molecule has 0 aliphatic heterocycles. The summed E-state index contributed by atoms with van der Waals surface area (Å²) in [5.41, 5.74) is 8.32. The fraction of sp³-hybridized carbons (Fsp3) is 0.375. The minimum atomic E-state index is -0.380. The van der Waals surface area contributed by atoms with Gasteiger partial charge in [0.25, 0.3) is 0 Å². The molecule has 4 heteroatoms. The van der Waals surface area contributed by atoms with Crippen LogP contribution in [0.2, 0.25) is 0 Å². The molecule has 1 aromatic carbocycles. The maximum Gasteiger partial charge on any atom is 0.138 e. The maximum atomic E-state index is 13.0. The molecule has 0 bridgehead atoms. The SMILES string of the molecule is Cc1nc(C(C)(C)c2ccc(F)cc2)ncc1C(C)N. The molecule has 0 aliphatic rings. The number of aryl methyl sites for hydroxylation is 1. The largest absolute Gasteiger partial charge is 0.324 e. The molecule has 3 nitrogen and oxygen atoms in total. The minimum Gasteiger partial charge on any atom is -0.324 e. The first kappa shape index (κ1) is 14.6. The van der Waals surface area contributed by atoms with E-state index in [1.54, 1.807) is 18.3 Å². The Labute approximate surface area is 119 Å². The van der Waals surface area contributed by atoms with Crippen LogP contribution in [0.1, 0.15) is 49.5 Å². The summed E-state index contributed by atoms with van der Waals surface area (Å²) in [6, 6.07) is 6.37. The molecule has 0 radical (unpaired) electrons. The van der Waals surface area contributed by atoms with Crippen molar-refractivity contribution in [1.29, 1.82) is 0 Å². The molecule has 2 aromatic rings. The monoisotopic (exact) mass is 273 g/mol. The molecular weight excluding hydrogens is 253 g/mol. The first-order valence-corrected chi connectivity index (χ1v) is 6.68. The van der Waals surface area contributed by atoms with Gasteiger partial charge in [0, 0.05) is 28.9 Å². The van der Waals surface area contributed by atoms with E-state index in [0.29, 0.717) is 5.82 Å². The van der Waals surface area contributed by atoms with E-state index in [4.69, 9.17) is 5.73 Å². The summed E-state index contributed by atoms with van der Waals surface area (Å²) < 4.78 is 13.0. The van der Waals surface area contributed by atoms with Crippen LogP contribution in [-0.2, 0) is 5.41 Å². The van der Waals surface area contributed by atoms with Crippen LogP contribution in [0, 0.1) is 12.7 Å². The van der Waals surface area contributed by atoms with Gasteiger partial charge in [0.2, 0.25) is 0 Å². The smallest absolute Gasteiger partial charge is 0.138 e. The number of hydrogen-bond acceptors (Lipinski definition) is 3. The zero-order chi connectivity index (χ0) is 14.9. The lowest BCUT2D eigenvalue weighted by Crippen LogP contribution is -2.24. The van der Waals surface area contributed by atoms with E-state index in [9.17, 15) is 4.39 Å². The molecule has 0 spiro atoms. The van der Waals surface area contributed by atoms with E-state index >= 15 is 0 Å². The summed E-state index contributed by atoms with van der Waals surface area (Å²) in [6.45, 7) is 7.90. The standard InChI is InChI=1S/C16H20FN3/c1-10(18)14-9-19-15(20-11(14)2)16(3,4)12-5-7-13(17)8-6-12/h5-10H,18H2,1-4H3. The predicted molar refractivity (Wildman–Crippen MR) is 77.9 cm³/mol. The Bertz CT molecular complexity index is 604. The van der Waals surface area contributed by atoms with Crippen molar-refractivity contribution in [3.05, 3.63) is 58.9 Å². The zero-order valence-electron chi connectivity index (χ0n) is 12.3. The summed E-state index contributed by atoms with van der Waals surface area (Å²) in [6.07, 6.45) is 1.79. The molecule has 106 valence electrons. The molecule has 20 heavy (non-hydrogen) atoms. The predicted octanol–water partition coefficient (Wildman–Crippen LogP) is 3.27. The van der Waals surface area contributed by atoms with E-state index in [1.807, 2.05) is 27.7 Å². The van der Waals surface area contributed by atoms with Crippen LogP contribution < -0.4 is 5.73 Å².